The van der Waals surface area contributed by atoms with Gasteiger partial charge >= 0.3 is 0 Å². The van der Waals surface area contributed by atoms with E-state index in [0.29, 0.717) is 16.1 Å². The summed E-state index contributed by atoms with van der Waals surface area (Å²) in [5.41, 5.74) is 3.58. The largest absolute Gasteiger partial charge is 0.352 e. The number of aryl methyl sites for hydroxylation is 2. The predicted molar refractivity (Wildman–Crippen MR) is 127 cm³/mol. The van der Waals surface area contributed by atoms with Crippen molar-refractivity contribution in [2.24, 2.45) is 0 Å². The maximum Gasteiger partial charge on any atom is 0.266 e. The summed E-state index contributed by atoms with van der Waals surface area (Å²) in [6, 6.07) is 13.6. The lowest BCUT2D eigenvalue weighted by Gasteiger charge is -2.24. The van der Waals surface area contributed by atoms with Crippen LogP contribution >= 0.6 is 11.8 Å². The Morgan fingerprint density at radius 3 is 2.58 bits per heavy atom. The number of nitrogens with zero attached hydrogens (tertiary/aromatic N) is 2. The van der Waals surface area contributed by atoms with Gasteiger partial charge in [0.15, 0.2) is 5.16 Å². The van der Waals surface area contributed by atoms with Gasteiger partial charge in [0.05, 0.1) is 21.8 Å². The fraction of sp³-hybridized carbons (Fsp3) is 0.400. The van der Waals surface area contributed by atoms with Crippen molar-refractivity contribution in [1.82, 2.24) is 14.9 Å². The number of nitrogens with one attached hydrogen (secondary N) is 1. The lowest BCUT2D eigenvalue weighted by Crippen LogP contribution is -2.40. The maximum atomic E-state index is 13.4. The van der Waals surface area contributed by atoms with Crippen LogP contribution in [0.3, 0.4) is 0 Å². The fourth-order valence-corrected chi connectivity index (χ4v) is 5.00. The lowest BCUT2D eigenvalue weighted by atomic mass is 9.95. The summed E-state index contributed by atoms with van der Waals surface area (Å²) in [6.07, 6.45) is 5.69. The van der Waals surface area contributed by atoms with Crippen molar-refractivity contribution in [2.45, 2.75) is 69.3 Å². The van der Waals surface area contributed by atoms with Gasteiger partial charge in [-0.1, -0.05) is 49.2 Å². The number of hydrogen-bond donors (Lipinski definition) is 1. The van der Waals surface area contributed by atoms with Gasteiger partial charge in [-0.15, -0.1) is 0 Å². The zero-order valence-electron chi connectivity index (χ0n) is 18.4. The van der Waals surface area contributed by atoms with Gasteiger partial charge in [0.2, 0.25) is 5.91 Å². The van der Waals surface area contributed by atoms with Crippen molar-refractivity contribution in [2.75, 3.05) is 0 Å². The third-order valence-electron chi connectivity index (χ3n) is 6.10. The van der Waals surface area contributed by atoms with Crippen LogP contribution in [0, 0.1) is 13.8 Å². The summed E-state index contributed by atoms with van der Waals surface area (Å²) in [4.78, 5) is 31.1. The summed E-state index contributed by atoms with van der Waals surface area (Å²) in [5, 5.41) is 3.95. The highest BCUT2D eigenvalue weighted by molar-refractivity contribution is 8.00. The molecule has 1 atom stereocenters. The van der Waals surface area contributed by atoms with E-state index < -0.39 is 0 Å². The van der Waals surface area contributed by atoms with Gasteiger partial charge in [0.1, 0.15) is 0 Å². The van der Waals surface area contributed by atoms with Crippen LogP contribution in [-0.4, -0.2) is 26.8 Å². The van der Waals surface area contributed by atoms with Gasteiger partial charge < -0.3 is 5.32 Å². The minimum absolute atomic E-state index is 0.00550. The van der Waals surface area contributed by atoms with Crippen molar-refractivity contribution >= 4 is 28.6 Å². The molecule has 1 aliphatic carbocycles. The number of hydrogen-bond acceptors (Lipinski definition) is 4. The molecule has 0 bridgehead atoms. The Morgan fingerprint density at radius 1 is 1.10 bits per heavy atom. The molecule has 0 saturated heterocycles. The molecule has 2 aromatic carbocycles. The van der Waals surface area contributed by atoms with Crippen LogP contribution in [0.4, 0.5) is 0 Å². The van der Waals surface area contributed by atoms with Crippen molar-refractivity contribution in [1.29, 1.82) is 0 Å². The first-order chi connectivity index (χ1) is 14.9. The van der Waals surface area contributed by atoms with E-state index in [1.807, 2.05) is 57.2 Å². The number of aromatic nitrogens is 2. The van der Waals surface area contributed by atoms with Crippen molar-refractivity contribution in [3.05, 3.63) is 63.9 Å². The third-order valence-corrected chi connectivity index (χ3v) is 7.15. The SMILES string of the molecule is Cc1ccc(-n2c(S[C@@H](C)C(=O)NC3CCCCC3)nc3ccccc3c2=O)cc1C. The van der Waals surface area contributed by atoms with Crippen LogP contribution in [0.5, 0.6) is 0 Å². The number of carbonyl (C=O) groups excluding carboxylic acids is 1. The van der Waals surface area contributed by atoms with Crippen molar-refractivity contribution in [3.8, 4) is 5.69 Å². The summed E-state index contributed by atoms with van der Waals surface area (Å²) < 4.78 is 1.64. The van der Waals surface area contributed by atoms with Gasteiger partial charge in [0.25, 0.3) is 5.56 Å². The van der Waals surface area contributed by atoms with E-state index >= 15 is 0 Å². The van der Waals surface area contributed by atoms with E-state index in [9.17, 15) is 9.59 Å². The van der Waals surface area contributed by atoms with Gasteiger partial charge in [-0.05, 0) is 69.0 Å². The van der Waals surface area contributed by atoms with Crippen LogP contribution in [-0.2, 0) is 4.79 Å². The number of thioether (sulfide) groups is 1. The van der Waals surface area contributed by atoms with E-state index in [1.165, 1.54) is 36.6 Å². The second-order valence-electron chi connectivity index (χ2n) is 8.42. The van der Waals surface area contributed by atoms with Crippen LogP contribution < -0.4 is 10.9 Å². The van der Waals surface area contributed by atoms with Gasteiger partial charge in [-0.2, -0.15) is 0 Å². The Labute approximate surface area is 187 Å². The molecule has 1 aromatic heterocycles. The number of fused-ring (bicyclic) bond motifs is 1. The quantitative estimate of drug-likeness (QED) is 0.456. The topological polar surface area (TPSA) is 64.0 Å². The summed E-state index contributed by atoms with van der Waals surface area (Å²) in [5.74, 6) is 0.00550. The minimum Gasteiger partial charge on any atom is -0.352 e. The molecule has 0 aliphatic heterocycles. The lowest BCUT2D eigenvalue weighted by molar-refractivity contribution is -0.121. The van der Waals surface area contributed by atoms with Gasteiger partial charge in [-0.3, -0.25) is 14.2 Å². The Morgan fingerprint density at radius 2 is 1.84 bits per heavy atom. The number of para-hydroxylation sites is 1. The molecule has 1 fully saturated rings. The van der Waals surface area contributed by atoms with E-state index in [-0.39, 0.29) is 22.8 Å². The number of benzene rings is 2. The number of carbonyl (C=O) groups is 1. The molecule has 5 nitrogen and oxygen atoms in total. The van der Waals surface area contributed by atoms with E-state index in [4.69, 9.17) is 4.98 Å². The average Bonchev–Trinajstić information content (AvgIpc) is 2.77. The highest BCUT2D eigenvalue weighted by Crippen LogP contribution is 2.27. The van der Waals surface area contributed by atoms with Crippen molar-refractivity contribution in [3.63, 3.8) is 0 Å². The highest BCUT2D eigenvalue weighted by atomic mass is 32.2. The second-order valence-corrected chi connectivity index (χ2v) is 9.73. The Hall–Kier alpha value is -2.60. The molecule has 1 N–H and O–H groups in total. The molecule has 1 saturated carbocycles. The molecule has 3 aromatic rings. The van der Waals surface area contributed by atoms with Gasteiger partial charge in [0, 0.05) is 6.04 Å². The summed E-state index contributed by atoms with van der Waals surface area (Å²) >= 11 is 1.34. The van der Waals surface area contributed by atoms with Crippen LogP contribution in [0.1, 0.15) is 50.2 Å². The van der Waals surface area contributed by atoms with E-state index in [2.05, 4.69) is 5.32 Å². The first-order valence-corrected chi connectivity index (χ1v) is 11.9. The zero-order chi connectivity index (χ0) is 22.0. The Bertz CT molecular complexity index is 1170. The van der Waals surface area contributed by atoms with Crippen LogP contribution in [0.2, 0.25) is 0 Å². The fourth-order valence-electron chi connectivity index (χ4n) is 4.06. The molecule has 1 aliphatic rings. The smallest absolute Gasteiger partial charge is 0.266 e. The predicted octanol–water partition coefficient (Wildman–Crippen LogP) is 4.93. The summed E-state index contributed by atoms with van der Waals surface area (Å²) in [6.45, 7) is 5.97. The standard InChI is InChI=1S/C25H29N3O2S/c1-16-13-14-20(15-17(16)2)28-24(30)21-11-7-8-12-22(21)27-25(28)31-18(3)23(29)26-19-9-5-4-6-10-19/h7-8,11-15,18-19H,4-6,9-10H2,1-3H3,(H,26,29)/t18-/m0/s1. The van der Waals surface area contributed by atoms with E-state index in [0.717, 1.165) is 24.1 Å². The Kier molecular flexibility index (Phi) is 6.46. The van der Waals surface area contributed by atoms with E-state index in [1.54, 1.807) is 10.6 Å². The molecule has 1 amide bonds. The Balaban J connectivity index is 1.71. The van der Waals surface area contributed by atoms with Crippen molar-refractivity contribution < 1.29 is 4.79 Å². The maximum absolute atomic E-state index is 13.4. The van der Waals surface area contributed by atoms with Gasteiger partial charge in [-0.25, -0.2) is 4.98 Å². The van der Waals surface area contributed by atoms with Crippen LogP contribution in [0.25, 0.3) is 16.6 Å². The highest BCUT2D eigenvalue weighted by Gasteiger charge is 2.23. The minimum atomic E-state index is -0.354. The first kappa shape index (κ1) is 21.6. The molecular weight excluding hydrogens is 406 g/mol. The molecule has 31 heavy (non-hydrogen) atoms. The molecule has 162 valence electrons. The third kappa shape index (κ3) is 4.69. The molecule has 0 unspecified atom stereocenters. The average molecular weight is 436 g/mol. The molecule has 0 radical (unpaired) electrons. The zero-order valence-corrected chi connectivity index (χ0v) is 19.2. The molecular formula is C25H29N3O2S. The second kappa shape index (κ2) is 9.27. The number of rotatable bonds is 5. The summed E-state index contributed by atoms with van der Waals surface area (Å²) in [7, 11) is 0. The molecule has 6 heteroatoms. The molecule has 1 heterocycles. The van der Waals surface area contributed by atoms with Crippen LogP contribution in [0.15, 0.2) is 52.4 Å². The number of amides is 1. The monoisotopic (exact) mass is 435 g/mol. The normalized spacial score (nSPS) is 15.7. The molecule has 4 rings (SSSR count). The first-order valence-electron chi connectivity index (χ1n) is 11.0. The molecule has 0 spiro atoms.